The van der Waals surface area contributed by atoms with Crippen molar-refractivity contribution in [2.45, 2.75) is 33.8 Å². The Morgan fingerprint density at radius 1 is 1.25 bits per heavy atom. The van der Waals surface area contributed by atoms with Gasteiger partial charge in [0.25, 0.3) is 0 Å². The summed E-state index contributed by atoms with van der Waals surface area (Å²) in [5, 5.41) is 22.0. The maximum absolute atomic E-state index is 9.87. The third-order valence-electron chi connectivity index (χ3n) is 2.94. The molecule has 0 fully saturated rings. The third kappa shape index (κ3) is 5.20. The Kier molecular flexibility index (Phi) is 6.50. The van der Waals surface area contributed by atoms with Gasteiger partial charge in [0.05, 0.1) is 11.6 Å². The number of hydrogen-bond acceptors (Lipinski definition) is 4. The molecule has 0 saturated heterocycles. The van der Waals surface area contributed by atoms with Gasteiger partial charge in [0.15, 0.2) is 0 Å². The van der Waals surface area contributed by atoms with Crippen molar-refractivity contribution >= 4 is 0 Å². The van der Waals surface area contributed by atoms with E-state index in [0.717, 1.165) is 23.4 Å². The highest BCUT2D eigenvalue weighted by atomic mass is 16.5. The molecule has 0 aliphatic heterocycles. The fraction of sp³-hybridized carbons (Fsp3) is 0.562. The number of nitrogens with zero attached hydrogens (tertiary/aromatic N) is 1. The summed E-state index contributed by atoms with van der Waals surface area (Å²) in [5.74, 6) is 1.32. The van der Waals surface area contributed by atoms with E-state index in [1.807, 2.05) is 13.8 Å². The van der Waals surface area contributed by atoms with Crippen LogP contribution in [0.3, 0.4) is 0 Å². The predicted octanol–water partition coefficient (Wildman–Crippen LogP) is 2.16. The second-order valence-corrected chi connectivity index (χ2v) is 5.57. The highest BCUT2D eigenvalue weighted by molar-refractivity contribution is 5.47. The van der Waals surface area contributed by atoms with Crippen LogP contribution in [-0.4, -0.2) is 30.9 Å². The quantitative estimate of drug-likeness (QED) is 0.801. The van der Waals surface area contributed by atoms with Gasteiger partial charge in [0, 0.05) is 6.54 Å². The number of nitrogens with one attached hydrogen (secondary N) is 1. The van der Waals surface area contributed by atoms with Crippen molar-refractivity contribution in [3.05, 3.63) is 28.8 Å². The lowest BCUT2D eigenvalue weighted by Crippen LogP contribution is -2.33. The molecule has 4 nitrogen and oxygen atoms in total. The molecule has 1 aromatic carbocycles. The SMILES string of the molecule is Cc1cc(C#N)cc(C)c1OCC(O)CNCC(C)C. The molecule has 0 spiro atoms. The fourth-order valence-corrected chi connectivity index (χ4v) is 2.02. The topological polar surface area (TPSA) is 65.3 Å². The largest absolute Gasteiger partial charge is 0.490 e. The lowest BCUT2D eigenvalue weighted by molar-refractivity contribution is 0.105. The number of aliphatic hydroxyl groups is 1. The lowest BCUT2D eigenvalue weighted by atomic mass is 10.1. The second kappa shape index (κ2) is 7.88. The molecule has 1 unspecified atom stereocenters. The standard InChI is InChI=1S/C16H24N2O2/c1-11(2)8-18-9-15(19)10-20-16-12(3)5-14(7-17)6-13(16)4/h5-6,11,15,18-19H,8-10H2,1-4H3. The van der Waals surface area contributed by atoms with Crippen LogP contribution in [0.2, 0.25) is 0 Å². The van der Waals surface area contributed by atoms with Crippen LogP contribution in [0.4, 0.5) is 0 Å². The number of aryl methyl sites for hydroxylation is 2. The van der Waals surface area contributed by atoms with Crippen LogP contribution in [-0.2, 0) is 0 Å². The minimum Gasteiger partial charge on any atom is -0.490 e. The van der Waals surface area contributed by atoms with Crippen molar-refractivity contribution in [1.82, 2.24) is 5.32 Å². The molecule has 0 aromatic heterocycles. The summed E-state index contributed by atoms with van der Waals surface area (Å²) in [5.41, 5.74) is 2.47. The number of rotatable bonds is 7. The van der Waals surface area contributed by atoms with Gasteiger partial charge in [-0.25, -0.2) is 0 Å². The molecule has 2 N–H and O–H groups in total. The van der Waals surface area contributed by atoms with Crippen molar-refractivity contribution in [3.8, 4) is 11.8 Å². The molecule has 4 heteroatoms. The van der Waals surface area contributed by atoms with Gasteiger partial charge in [-0.3, -0.25) is 0 Å². The van der Waals surface area contributed by atoms with Crippen molar-refractivity contribution in [2.24, 2.45) is 5.92 Å². The van der Waals surface area contributed by atoms with Crippen LogP contribution >= 0.6 is 0 Å². The van der Waals surface area contributed by atoms with Gasteiger partial charge in [0.1, 0.15) is 18.5 Å². The number of aliphatic hydroxyl groups excluding tert-OH is 1. The normalized spacial score (nSPS) is 12.2. The summed E-state index contributed by atoms with van der Waals surface area (Å²) in [4.78, 5) is 0. The van der Waals surface area contributed by atoms with Crippen LogP contribution in [0.1, 0.15) is 30.5 Å². The van der Waals surface area contributed by atoms with E-state index in [0.29, 0.717) is 18.0 Å². The number of benzene rings is 1. The Morgan fingerprint density at radius 3 is 2.35 bits per heavy atom. The van der Waals surface area contributed by atoms with Gasteiger partial charge in [-0.15, -0.1) is 0 Å². The van der Waals surface area contributed by atoms with Crippen molar-refractivity contribution < 1.29 is 9.84 Å². The maximum Gasteiger partial charge on any atom is 0.125 e. The Hall–Kier alpha value is -1.57. The Morgan fingerprint density at radius 2 is 1.85 bits per heavy atom. The van der Waals surface area contributed by atoms with Crippen molar-refractivity contribution in [3.63, 3.8) is 0 Å². The predicted molar refractivity (Wildman–Crippen MR) is 79.8 cm³/mol. The number of ether oxygens (including phenoxy) is 1. The second-order valence-electron chi connectivity index (χ2n) is 5.57. The minimum absolute atomic E-state index is 0.249. The third-order valence-corrected chi connectivity index (χ3v) is 2.94. The van der Waals surface area contributed by atoms with Crippen LogP contribution in [0.5, 0.6) is 5.75 Å². The van der Waals surface area contributed by atoms with Crippen LogP contribution in [0, 0.1) is 31.1 Å². The zero-order valence-corrected chi connectivity index (χ0v) is 12.7. The summed E-state index contributed by atoms with van der Waals surface area (Å²) in [6, 6.07) is 5.72. The van der Waals surface area contributed by atoms with Gasteiger partial charge in [-0.2, -0.15) is 5.26 Å². The monoisotopic (exact) mass is 276 g/mol. The molecule has 0 saturated carbocycles. The average Bonchev–Trinajstić information content (AvgIpc) is 2.36. The first-order valence-electron chi connectivity index (χ1n) is 6.97. The summed E-state index contributed by atoms with van der Waals surface area (Å²) in [6.07, 6.45) is -0.539. The minimum atomic E-state index is -0.539. The fourth-order valence-electron chi connectivity index (χ4n) is 2.02. The smallest absolute Gasteiger partial charge is 0.125 e. The van der Waals surface area contributed by atoms with Gasteiger partial charge in [0.2, 0.25) is 0 Å². The first-order chi connectivity index (χ1) is 9.43. The van der Waals surface area contributed by atoms with E-state index in [1.165, 1.54) is 0 Å². The van der Waals surface area contributed by atoms with Gasteiger partial charge in [-0.1, -0.05) is 13.8 Å². The Labute approximate surface area is 121 Å². The van der Waals surface area contributed by atoms with E-state index >= 15 is 0 Å². The molecule has 0 aliphatic rings. The Balaban J connectivity index is 2.51. The summed E-state index contributed by atoms with van der Waals surface area (Å²) in [6.45, 7) is 9.72. The molecule has 0 radical (unpaired) electrons. The van der Waals surface area contributed by atoms with Gasteiger partial charge in [-0.05, 0) is 49.6 Å². The van der Waals surface area contributed by atoms with E-state index in [9.17, 15) is 5.11 Å². The highest BCUT2D eigenvalue weighted by Gasteiger charge is 2.10. The van der Waals surface area contributed by atoms with E-state index in [1.54, 1.807) is 12.1 Å². The zero-order chi connectivity index (χ0) is 15.1. The maximum atomic E-state index is 9.87. The molecule has 1 aromatic rings. The first kappa shape index (κ1) is 16.5. The summed E-state index contributed by atoms with van der Waals surface area (Å²) >= 11 is 0. The van der Waals surface area contributed by atoms with E-state index in [4.69, 9.17) is 10.00 Å². The van der Waals surface area contributed by atoms with E-state index in [2.05, 4.69) is 25.2 Å². The average molecular weight is 276 g/mol. The molecule has 20 heavy (non-hydrogen) atoms. The van der Waals surface area contributed by atoms with Crippen LogP contribution in [0.25, 0.3) is 0 Å². The van der Waals surface area contributed by atoms with Crippen LogP contribution < -0.4 is 10.1 Å². The molecular formula is C16H24N2O2. The van der Waals surface area contributed by atoms with Gasteiger partial charge < -0.3 is 15.2 Å². The molecular weight excluding hydrogens is 252 g/mol. The van der Waals surface area contributed by atoms with Crippen LogP contribution in [0.15, 0.2) is 12.1 Å². The highest BCUT2D eigenvalue weighted by Crippen LogP contribution is 2.24. The molecule has 0 amide bonds. The van der Waals surface area contributed by atoms with E-state index < -0.39 is 6.10 Å². The molecule has 0 aliphatic carbocycles. The first-order valence-corrected chi connectivity index (χ1v) is 6.97. The molecule has 1 rings (SSSR count). The molecule has 0 bridgehead atoms. The number of nitriles is 1. The van der Waals surface area contributed by atoms with Gasteiger partial charge >= 0.3 is 0 Å². The van der Waals surface area contributed by atoms with Crippen molar-refractivity contribution in [1.29, 1.82) is 5.26 Å². The molecule has 1 atom stereocenters. The lowest BCUT2D eigenvalue weighted by Gasteiger charge is -2.17. The summed E-state index contributed by atoms with van der Waals surface area (Å²) < 4.78 is 5.69. The summed E-state index contributed by atoms with van der Waals surface area (Å²) in [7, 11) is 0. The molecule has 110 valence electrons. The molecule has 0 heterocycles. The van der Waals surface area contributed by atoms with E-state index in [-0.39, 0.29) is 6.61 Å². The number of hydrogen-bond donors (Lipinski definition) is 2. The zero-order valence-electron chi connectivity index (χ0n) is 12.7. The Bertz CT molecular complexity index is 455. The van der Waals surface area contributed by atoms with Crippen molar-refractivity contribution in [2.75, 3.05) is 19.7 Å².